The van der Waals surface area contributed by atoms with E-state index in [0.29, 0.717) is 23.1 Å². The first-order chi connectivity index (χ1) is 8.78. The summed E-state index contributed by atoms with van der Waals surface area (Å²) in [5.41, 5.74) is 1.72. The van der Waals surface area contributed by atoms with Crippen molar-refractivity contribution in [1.82, 2.24) is 15.0 Å². The third kappa shape index (κ3) is 2.20. The van der Waals surface area contributed by atoms with Gasteiger partial charge in [-0.3, -0.25) is 0 Å². The molecule has 0 radical (unpaired) electrons. The topological polar surface area (TPSA) is 83.7 Å². The third-order valence-corrected chi connectivity index (χ3v) is 2.35. The van der Waals surface area contributed by atoms with Crippen molar-refractivity contribution in [2.45, 2.75) is 0 Å². The Morgan fingerprint density at radius 3 is 2.89 bits per heavy atom. The molecule has 2 heterocycles. The smallest absolute Gasteiger partial charge is 0.223 e. The van der Waals surface area contributed by atoms with E-state index in [1.807, 2.05) is 0 Å². The maximum Gasteiger partial charge on any atom is 0.223 e. The number of nitriles is 1. The van der Waals surface area contributed by atoms with Crippen molar-refractivity contribution < 1.29 is 4.74 Å². The number of nitrogens with zero attached hydrogens (tertiary/aromatic N) is 4. The lowest BCUT2D eigenvalue weighted by molar-refractivity contribution is 0.398. The summed E-state index contributed by atoms with van der Waals surface area (Å²) in [5.74, 6) is 0.931. The molecule has 2 aromatic rings. The van der Waals surface area contributed by atoms with Crippen LogP contribution in [-0.4, -0.2) is 29.1 Å². The van der Waals surface area contributed by atoms with Gasteiger partial charge < -0.3 is 10.1 Å². The average Bonchev–Trinajstić information content (AvgIpc) is 2.46. The van der Waals surface area contributed by atoms with Crippen LogP contribution in [0.15, 0.2) is 24.5 Å². The minimum absolute atomic E-state index is 0.405. The molecule has 0 aliphatic carbocycles. The molecule has 18 heavy (non-hydrogen) atoms. The highest BCUT2D eigenvalue weighted by molar-refractivity contribution is 5.67. The van der Waals surface area contributed by atoms with E-state index in [4.69, 9.17) is 10.00 Å². The van der Waals surface area contributed by atoms with E-state index in [2.05, 4.69) is 26.3 Å². The number of nitrogens with one attached hydrogen (secondary N) is 1. The molecule has 0 aromatic carbocycles. The van der Waals surface area contributed by atoms with Crippen LogP contribution in [-0.2, 0) is 0 Å². The van der Waals surface area contributed by atoms with Gasteiger partial charge in [-0.2, -0.15) is 5.26 Å². The highest BCUT2D eigenvalue weighted by atomic mass is 16.5. The van der Waals surface area contributed by atoms with E-state index in [1.54, 1.807) is 25.4 Å². The van der Waals surface area contributed by atoms with Crippen molar-refractivity contribution in [3.63, 3.8) is 0 Å². The molecule has 0 saturated heterocycles. The maximum atomic E-state index is 9.07. The minimum atomic E-state index is 0.405. The molecule has 0 unspecified atom stereocenters. The molecule has 0 fully saturated rings. The SMILES string of the molecule is CNc1ncc(C#N)c(-c2ccnc(OC)c2)n1. The zero-order chi connectivity index (χ0) is 13.0. The van der Waals surface area contributed by atoms with E-state index in [1.165, 1.54) is 13.3 Å². The zero-order valence-corrected chi connectivity index (χ0v) is 10.0. The fourth-order valence-electron chi connectivity index (χ4n) is 1.47. The Balaban J connectivity index is 2.57. The standard InChI is InChI=1S/C12H11N5O/c1-14-12-16-7-9(6-13)11(17-12)8-3-4-15-10(5-8)18-2/h3-5,7H,1-2H3,(H,14,16,17). The monoisotopic (exact) mass is 241 g/mol. The van der Waals surface area contributed by atoms with Crippen molar-refractivity contribution in [3.8, 4) is 23.2 Å². The van der Waals surface area contributed by atoms with E-state index in [0.717, 1.165) is 5.56 Å². The Labute approximate surface area is 104 Å². The second-order valence-corrected chi connectivity index (χ2v) is 3.40. The summed E-state index contributed by atoms with van der Waals surface area (Å²) in [5, 5.41) is 11.9. The second kappa shape index (κ2) is 5.10. The van der Waals surface area contributed by atoms with Gasteiger partial charge in [0.05, 0.1) is 24.6 Å². The summed E-state index contributed by atoms with van der Waals surface area (Å²) in [6, 6.07) is 5.56. The number of methoxy groups -OCH3 is 1. The number of aromatic nitrogens is 3. The van der Waals surface area contributed by atoms with Gasteiger partial charge in [0.25, 0.3) is 0 Å². The molecule has 90 valence electrons. The van der Waals surface area contributed by atoms with Crippen LogP contribution in [0.25, 0.3) is 11.3 Å². The molecular weight excluding hydrogens is 230 g/mol. The van der Waals surface area contributed by atoms with Gasteiger partial charge in [-0.25, -0.2) is 15.0 Å². The quantitative estimate of drug-likeness (QED) is 0.875. The van der Waals surface area contributed by atoms with Crippen LogP contribution in [0, 0.1) is 11.3 Å². The molecule has 6 nitrogen and oxygen atoms in total. The van der Waals surface area contributed by atoms with Crippen molar-refractivity contribution >= 4 is 5.95 Å². The van der Waals surface area contributed by atoms with Gasteiger partial charge in [0.1, 0.15) is 6.07 Å². The van der Waals surface area contributed by atoms with Crippen LogP contribution < -0.4 is 10.1 Å². The first-order valence-electron chi connectivity index (χ1n) is 5.23. The lowest BCUT2D eigenvalue weighted by Gasteiger charge is -2.06. The maximum absolute atomic E-state index is 9.07. The normalized spacial score (nSPS) is 9.61. The summed E-state index contributed by atoms with van der Waals surface area (Å²) in [4.78, 5) is 12.3. The Bertz CT molecular complexity index is 606. The Morgan fingerprint density at radius 1 is 1.39 bits per heavy atom. The lowest BCUT2D eigenvalue weighted by atomic mass is 10.1. The number of anilines is 1. The highest BCUT2D eigenvalue weighted by Gasteiger charge is 2.10. The lowest BCUT2D eigenvalue weighted by Crippen LogP contribution is -2.00. The second-order valence-electron chi connectivity index (χ2n) is 3.40. The molecule has 6 heteroatoms. The fraction of sp³-hybridized carbons (Fsp3) is 0.167. The molecule has 0 aliphatic heterocycles. The number of hydrogen-bond donors (Lipinski definition) is 1. The first kappa shape index (κ1) is 11.8. The predicted molar refractivity (Wildman–Crippen MR) is 66.1 cm³/mol. The van der Waals surface area contributed by atoms with Crippen LogP contribution in [0.1, 0.15) is 5.56 Å². The summed E-state index contributed by atoms with van der Waals surface area (Å²) in [6.45, 7) is 0. The molecule has 0 saturated carbocycles. The number of pyridine rings is 1. The number of rotatable bonds is 3. The van der Waals surface area contributed by atoms with Crippen molar-refractivity contribution in [2.75, 3.05) is 19.5 Å². The molecule has 2 rings (SSSR count). The average molecular weight is 241 g/mol. The molecule has 0 spiro atoms. The molecule has 0 atom stereocenters. The van der Waals surface area contributed by atoms with Crippen molar-refractivity contribution in [1.29, 1.82) is 5.26 Å². The van der Waals surface area contributed by atoms with Gasteiger partial charge in [-0.1, -0.05) is 0 Å². The summed E-state index contributed by atoms with van der Waals surface area (Å²) < 4.78 is 5.05. The largest absolute Gasteiger partial charge is 0.481 e. The molecular formula is C12H11N5O. The predicted octanol–water partition coefficient (Wildman–Crippen LogP) is 1.46. The summed E-state index contributed by atoms with van der Waals surface area (Å²) in [6.07, 6.45) is 3.09. The fourth-order valence-corrected chi connectivity index (χ4v) is 1.47. The summed E-state index contributed by atoms with van der Waals surface area (Å²) in [7, 11) is 3.26. The molecule has 2 aromatic heterocycles. The van der Waals surface area contributed by atoms with Gasteiger partial charge in [0, 0.05) is 24.9 Å². The Kier molecular flexibility index (Phi) is 3.34. The van der Waals surface area contributed by atoms with Crippen LogP contribution in [0.3, 0.4) is 0 Å². The molecule has 0 amide bonds. The van der Waals surface area contributed by atoms with E-state index in [-0.39, 0.29) is 0 Å². The van der Waals surface area contributed by atoms with Crippen molar-refractivity contribution in [3.05, 3.63) is 30.1 Å². The number of hydrogen-bond acceptors (Lipinski definition) is 6. The van der Waals surface area contributed by atoms with Crippen LogP contribution in [0.4, 0.5) is 5.95 Å². The third-order valence-electron chi connectivity index (χ3n) is 2.35. The van der Waals surface area contributed by atoms with Gasteiger partial charge in [0.2, 0.25) is 11.8 Å². The van der Waals surface area contributed by atoms with Crippen molar-refractivity contribution in [2.24, 2.45) is 0 Å². The van der Waals surface area contributed by atoms with Gasteiger partial charge in [-0.15, -0.1) is 0 Å². The van der Waals surface area contributed by atoms with E-state index < -0.39 is 0 Å². The molecule has 0 bridgehead atoms. The molecule has 1 N–H and O–H groups in total. The molecule has 0 aliphatic rings. The number of ether oxygens (including phenoxy) is 1. The van der Waals surface area contributed by atoms with Crippen LogP contribution in [0.5, 0.6) is 5.88 Å². The van der Waals surface area contributed by atoms with Gasteiger partial charge in [0.15, 0.2) is 0 Å². The van der Waals surface area contributed by atoms with E-state index in [9.17, 15) is 0 Å². The van der Waals surface area contributed by atoms with Gasteiger partial charge >= 0.3 is 0 Å². The van der Waals surface area contributed by atoms with Crippen LogP contribution >= 0.6 is 0 Å². The highest BCUT2D eigenvalue weighted by Crippen LogP contribution is 2.23. The summed E-state index contributed by atoms with van der Waals surface area (Å²) >= 11 is 0. The van der Waals surface area contributed by atoms with E-state index >= 15 is 0 Å². The minimum Gasteiger partial charge on any atom is -0.481 e. The van der Waals surface area contributed by atoms with Crippen LogP contribution in [0.2, 0.25) is 0 Å². The Hall–Kier alpha value is -2.68. The first-order valence-corrected chi connectivity index (χ1v) is 5.23. The Morgan fingerprint density at radius 2 is 2.22 bits per heavy atom. The van der Waals surface area contributed by atoms with Gasteiger partial charge in [-0.05, 0) is 6.07 Å². The zero-order valence-electron chi connectivity index (χ0n) is 10.0.